The van der Waals surface area contributed by atoms with E-state index < -0.39 is 0 Å². The zero-order valence-electron chi connectivity index (χ0n) is 16.0. The van der Waals surface area contributed by atoms with Crippen LogP contribution in [0.4, 0.5) is 0 Å². The number of hydrogen-bond donors (Lipinski definition) is 0. The van der Waals surface area contributed by atoms with Crippen molar-refractivity contribution < 1.29 is 9.21 Å². The summed E-state index contributed by atoms with van der Waals surface area (Å²) in [6.45, 7) is 4.26. The highest BCUT2D eigenvalue weighted by Gasteiger charge is 2.34. The van der Waals surface area contributed by atoms with Crippen LogP contribution in [-0.2, 0) is 11.3 Å². The average Bonchev–Trinajstić information content (AvgIpc) is 3.24. The molecule has 0 bridgehead atoms. The number of aromatic nitrogens is 6. The third-order valence-electron chi connectivity index (χ3n) is 4.46. The Labute approximate surface area is 176 Å². The number of hydrogen-bond acceptors (Lipinski definition) is 8. The van der Waals surface area contributed by atoms with Crippen molar-refractivity contribution in [1.29, 1.82) is 0 Å². The van der Waals surface area contributed by atoms with Crippen LogP contribution in [0, 0.1) is 0 Å². The number of halogens is 1. The van der Waals surface area contributed by atoms with E-state index in [2.05, 4.69) is 25.7 Å². The number of nitrogens with zero attached hydrogens (tertiary/aromatic N) is 7. The highest BCUT2D eigenvalue weighted by molar-refractivity contribution is 7.99. The van der Waals surface area contributed by atoms with Crippen LogP contribution in [0.15, 0.2) is 33.8 Å². The van der Waals surface area contributed by atoms with Crippen LogP contribution in [0.5, 0.6) is 0 Å². The van der Waals surface area contributed by atoms with Gasteiger partial charge in [-0.2, -0.15) is 0 Å². The smallest absolute Gasteiger partial charge is 0.249 e. The first-order valence-electron chi connectivity index (χ1n) is 9.30. The molecular weight excluding hydrogens is 414 g/mol. The molecule has 1 aliphatic rings. The second-order valence-electron chi connectivity index (χ2n) is 7.02. The van der Waals surface area contributed by atoms with Crippen LogP contribution in [0.25, 0.3) is 11.5 Å². The van der Waals surface area contributed by atoms with Gasteiger partial charge in [0.05, 0.1) is 28.9 Å². The number of amides is 1. The summed E-state index contributed by atoms with van der Waals surface area (Å²) in [4.78, 5) is 14.6. The van der Waals surface area contributed by atoms with E-state index in [1.807, 2.05) is 32.0 Å². The van der Waals surface area contributed by atoms with E-state index in [4.69, 9.17) is 16.0 Å². The van der Waals surface area contributed by atoms with E-state index in [1.54, 1.807) is 15.6 Å². The van der Waals surface area contributed by atoms with Gasteiger partial charge in [0, 0.05) is 6.04 Å². The lowest BCUT2D eigenvalue weighted by Crippen LogP contribution is -2.34. The fourth-order valence-electron chi connectivity index (χ4n) is 2.83. The minimum Gasteiger partial charge on any atom is -0.419 e. The molecule has 2 heterocycles. The zero-order chi connectivity index (χ0) is 20.4. The minimum atomic E-state index is -0.00620. The molecule has 1 aromatic carbocycles. The second-order valence-corrected chi connectivity index (χ2v) is 8.37. The van der Waals surface area contributed by atoms with Gasteiger partial charge in [-0.3, -0.25) is 4.79 Å². The summed E-state index contributed by atoms with van der Waals surface area (Å²) in [5.74, 6) is 0.972. The Morgan fingerprint density at radius 2 is 2.10 bits per heavy atom. The molecule has 0 N–H and O–H groups in total. The molecule has 152 valence electrons. The monoisotopic (exact) mass is 433 g/mol. The van der Waals surface area contributed by atoms with Gasteiger partial charge in [0.2, 0.25) is 22.8 Å². The molecule has 1 fully saturated rings. The lowest BCUT2D eigenvalue weighted by molar-refractivity contribution is -0.129. The van der Waals surface area contributed by atoms with Crippen molar-refractivity contribution in [1.82, 2.24) is 35.3 Å². The van der Waals surface area contributed by atoms with E-state index in [0.29, 0.717) is 27.5 Å². The van der Waals surface area contributed by atoms with Gasteiger partial charge >= 0.3 is 0 Å². The molecule has 9 nitrogen and oxygen atoms in total. The molecule has 2 aromatic heterocycles. The molecule has 1 amide bonds. The van der Waals surface area contributed by atoms with Crippen LogP contribution >= 0.6 is 23.4 Å². The maximum Gasteiger partial charge on any atom is 0.249 e. The van der Waals surface area contributed by atoms with Crippen LogP contribution in [0.1, 0.15) is 38.6 Å². The average molecular weight is 434 g/mol. The Hall–Kier alpha value is -2.46. The third-order valence-corrected chi connectivity index (χ3v) is 5.71. The highest BCUT2D eigenvalue weighted by atomic mass is 35.5. The third kappa shape index (κ3) is 4.59. The van der Waals surface area contributed by atoms with E-state index in [-0.39, 0.29) is 30.3 Å². The summed E-state index contributed by atoms with van der Waals surface area (Å²) in [5.41, 5.74) is 0.674. The van der Waals surface area contributed by atoms with Crippen molar-refractivity contribution in [2.24, 2.45) is 0 Å². The van der Waals surface area contributed by atoms with Crippen molar-refractivity contribution >= 4 is 29.3 Å². The molecule has 3 aromatic rings. The Bertz CT molecular complexity index is 1000. The fraction of sp³-hybridized carbons (Fsp3) is 0.444. The molecule has 29 heavy (non-hydrogen) atoms. The summed E-state index contributed by atoms with van der Waals surface area (Å²) in [7, 11) is 0. The van der Waals surface area contributed by atoms with Crippen molar-refractivity contribution in [3.63, 3.8) is 0 Å². The van der Waals surface area contributed by atoms with Crippen LogP contribution in [0.2, 0.25) is 5.02 Å². The lowest BCUT2D eigenvalue weighted by atomic mass is 10.2. The van der Waals surface area contributed by atoms with Gasteiger partial charge in [0.15, 0.2) is 0 Å². The van der Waals surface area contributed by atoms with Crippen molar-refractivity contribution in [2.45, 2.75) is 50.5 Å². The molecular formula is C18H20ClN7O2S. The maximum atomic E-state index is 12.9. The molecule has 4 rings (SSSR count). The summed E-state index contributed by atoms with van der Waals surface area (Å²) in [5, 5.41) is 21.0. The van der Waals surface area contributed by atoms with Gasteiger partial charge < -0.3 is 9.32 Å². The van der Waals surface area contributed by atoms with E-state index in [1.165, 1.54) is 11.8 Å². The Balaban J connectivity index is 1.43. The second kappa shape index (κ2) is 8.50. The van der Waals surface area contributed by atoms with Gasteiger partial charge in [-0.25, -0.2) is 4.68 Å². The molecule has 1 aliphatic carbocycles. The van der Waals surface area contributed by atoms with Crippen LogP contribution in [0.3, 0.4) is 0 Å². The number of carbonyl (C=O) groups is 1. The topological polar surface area (TPSA) is 103 Å². The van der Waals surface area contributed by atoms with Gasteiger partial charge in [0.1, 0.15) is 0 Å². The first-order chi connectivity index (χ1) is 14.0. The maximum absolute atomic E-state index is 12.9. The zero-order valence-corrected chi connectivity index (χ0v) is 17.6. The SMILES string of the molecule is CC(C)n1nnnc1SCC(=O)N(Cc1nnc(-c2ccccc2Cl)o1)C1CC1. The Morgan fingerprint density at radius 3 is 2.83 bits per heavy atom. The van der Waals surface area contributed by atoms with Crippen molar-refractivity contribution in [3.05, 3.63) is 35.2 Å². The summed E-state index contributed by atoms with van der Waals surface area (Å²) in [6.07, 6.45) is 1.96. The predicted octanol–water partition coefficient (Wildman–Crippen LogP) is 3.24. The summed E-state index contributed by atoms with van der Waals surface area (Å²) >= 11 is 7.53. The Morgan fingerprint density at radius 1 is 1.31 bits per heavy atom. The number of tetrazole rings is 1. The molecule has 0 aliphatic heterocycles. The minimum absolute atomic E-state index is 0.00620. The van der Waals surface area contributed by atoms with Gasteiger partial charge in [0.25, 0.3) is 0 Å². The number of benzene rings is 1. The lowest BCUT2D eigenvalue weighted by Gasteiger charge is -2.20. The fourth-order valence-corrected chi connectivity index (χ4v) is 3.94. The summed E-state index contributed by atoms with van der Waals surface area (Å²) < 4.78 is 7.47. The highest BCUT2D eigenvalue weighted by Crippen LogP contribution is 2.31. The largest absolute Gasteiger partial charge is 0.419 e. The van der Waals surface area contributed by atoms with Gasteiger partial charge in [-0.05, 0) is 49.2 Å². The quantitative estimate of drug-likeness (QED) is 0.499. The normalized spacial score (nSPS) is 13.8. The van der Waals surface area contributed by atoms with E-state index in [9.17, 15) is 4.79 Å². The van der Waals surface area contributed by atoms with Gasteiger partial charge in [-0.15, -0.1) is 15.3 Å². The number of carbonyl (C=O) groups excluding carboxylic acids is 1. The number of thioether (sulfide) groups is 1. The number of rotatable bonds is 8. The van der Waals surface area contributed by atoms with Crippen LogP contribution in [-0.4, -0.2) is 53.0 Å². The van der Waals surface area contributed by atoms with Crippen LogP contribution < -0.4 is 0 Å². The summed E-state index contributed by atoms with van der Waals surface area (Å²) in [6, 6.07) is 7.61. The first kappa shape index (κ1) is 19.8. The predicted molar refractivity (Wildman–Crippen MR) is 107 cm³/mol. The molecule has 0 spiro atoms. The molecule has 0 unspecified atom stereocenters. The molecule has 0 atom stereocenters. The molecule has 1 saturated carbocycles. The standard InChI is InChI=1S/C18H20ClN7O2S/c1-11(2)26-18(22-23-24-26)29-10-16(27)25(12-7-8-12)9-15-20-21-17(28-15)13-5-3-4-6-14(13)19/h3-6,11-12H,7-10H2,1-2H3. The van der Waals surface area contributed by atoms with Gasteiger partial charge in [-0.1, -0.05) is 35.5 Å². The Kier molecular flexibility index (Phi) is 5.81. The van der Waals surface area contributed by atoms with Crippen molar-refractivity contribution in [2.75, 3.05) is 5.75 Å². The van der Waals surface area contributed by atoms with E-state index in [0.717, 1.165) is 12.8 Å². The molecule has 0 saturated heterocycles. The molecule has 0 radical (unpaired) electrons. The first-order valence-corrected chi connectivity index (χ1v) is 10.7. The molecule has 11 heteroatoms. The van der Waals surface area contributed by atoms with Crippen molar-refractivity contribution in [3.8, 4) is 11.5 Å². The van der Waals surface area contributed by atoms with E-state index >= 15 is 0 Å².